The first-order valence-electron chi connectivity index (χ1n) is 5.99. The summed E-state index contributed by atoms with van der Waals surface area (Å²) in [6.07, 6.45) is -0.720. The van der Waals surface area contributed by atoms with Crippen molar-refractivity contribution in [3.05, 3.63) is 0 Å². The molecule has 98 valence electrons. The molecule has 0 aliphatic heterocycles. The molecule has 4 heteroatoms. The molecule has 0 aliphatic rings. The summed E-state index contributed by atoms with van der Waals surface area (Å²) in [6.45, 7) is 14.7. The van der Waals surface area contributed by atoms with Crippen LogP contribution in [-0.2, 0) is 4.43 Å². The minimum Gasteiger partial charge on any atom is -0.414 e. The Labute approximate surface area is 101 Å². The molecule has 0 aliphatic carbocycles. The van der Waals surface area contributed by atoms with Crippen molar-refractivity contribution in [2.24, 2.45) is 5.92 Å². The summed E-state index contributed by atoms with van der Waals surface area (Å²) >= 11 is 0. The summed E-state index contributed by atoms with van der Waals surface area (Å²) in [6, 6.07) is 0. The van der Waals surface area contributed by atoms with Gasteiger partial charge in [0.25, 0.3) is 0 Å². The Balaban J connectivity index is 4.50. The predicted octanol–water partition coefficient (Wildman–Crippen LogP) is 2.39. The SMILES string of the molecule is C[C@H]([C@H](C)O[Si](C)(C)C(C)(C)C)[C@@H](O)CO. The van der Waals surface area contributed by atoms with Crippen LogP contribution in [-0.4, -0.2) is 37.3 Å². The van der Waals surface area contributed by atoms with Crippen molar-refractivity contribution in [1.29, 1.82) is 0 Å². The molecule has 2 N–H and O–H groups in total. The lowest BCUT2D eigenvalue weighted by molar-refractivity contribution is 0.00344. The fourth-order valence-corrected chi connectivity index (χ4v) is 2.73. The maximum atomic E-state index is 9.58. The fraction of sp³-hybridized carbons (Fsp3) is 1.00. The van der Waals surface area contributed by atoms with E-state index >= 15 is 0 Å². The van der Waals surface area contributed by atoms with Gasteiger partial charge in [-0.3, -0.25) is 0 Å². The Morgan fingerprint density at radius 1 is 1.19 bits per heavy atom. The van der Waals surface area contributed by atoms with Crippen LogP contribution in [0.5, 0.6) is 0 Å². The highest BCUT2D eigenvalue weighted by Crippen LogP contribution is 2.38. The van der Waals surface area contributed by atoms with E-state index in [0.717, 1.165) is 0 Å². The largest absolute Gasteiger partial charge is 0.414 e. The van der Waals surface area contributed by atoms with Gasteiger partial charge in [-0.2, -0.15) is 0 Å². The Hall–Kier alpha value is 0.0969. The topological polar surface area (TPSA) is 49.7 Å². The Morgan fingerprint density at radius 2 is 1.62 bits per heavy atom. The Kier molecular flexibility index (Phi) is 5.66. The highest BCUT2D eigenvalue weighted by atomic mass is 28.4. The standard InChI is InChI=1S/C12H28O3Si/c1-9(11(14)8-13)10(2)15-16(6,7)12(3,4)5/h9-11,13-14H,8H2,1-7H3/t9-,10+,11+/m1/s1. The van der Waals surface area contributed by atoms with E-state index in [1.807, 2.05) is 13.8 Å². The van der Waals surface area contributed by atoms with E-state index in [-0.39, 0.29) is 23.7 Å². The van der Waals surface area contributed by atoms with Gasteiger partial charge in [0.05, 0.1) is 12.7 Å². The molecule has 0 amide bonds. The molecule has 0 spiro atoms. The molecule has 16 heavy (non-hydrogen) atoms. The van der Waals surface area contributed by atoms with E-state index in [2.05, 4.69) is 33.9 Å². The van der Waals surface area contributed by atoms with E-state index in [1.165, 1.54) is 0 Å². The third kappa shape index (κ3) is 4.16. The second kappa shape index (κ2) is 5.62. The second-order valence-corrected chi connectivity index (χ2v) is 10.9. The van der Waals surface area contributed by atoms with Gasteiger partial charge in [-0.1, -0.05) is 27.7 Å². The third-order valence-electron chi connectivity index (χ3n) is 3.82. The van der Waals surface area contributed by atoms with Crippen molar-refractivity contribution in [2.45, 2.75) is 65.0 Å². The van der Waals surface area contributed by atoms with Crippen LogP contribution in [0.4, 0.5) is 0 Å². The minimum absolute atomic E-state index is 0.0250. The van der Waals surface area contributed by atoms with Gasteiger partial charge in [0.15, 0.2) is 8.32 Å². The van der Waals surface area contributed by atoms with Gasteiger partial charge < -0.3 is 14.6 Å². The molecule has 0 heterocycles. The van der Waals surface area contributed by atoms with Gasteiger partial charge in [0, 0.05) is 12.0 Å². The first kappa shape index (κ1) is 16.1. The van der Waals surface area contributed by atoms with E-state index in [0.29, 0.717) is 0 Å². The normalized spacial score (nSPS) is 19.3. The Morgan fingerprint density at radius 3 is 1.94 bits per heavy atom. The van der Waals surface area contributed by atoms with Gasteiger partial charge in [-0.25, -0.2) is 0 Å². The highest BCUT2D eigenvalue weighted by molar-refractivity contribution is 6.74. The second-order valence-electron chi connectivity index (χ2n) is 6.19. The number of aliphatic hydroxyl groups excluding tert-OH is 2. The molecular formula is C12H28O3Si. The molecule has 0 saturated heterocycles. The van der Waals surface area contributed by atoms with Gasteiger partial charge in [0.1, 0.15) is 0 Å². The minimum atomic E-state index is -1.78. The average Bonchev–Trinajstić information content (AvgIpc) is 2.12. The fourth-order valence-electron chi connectivity index (χ4n) is 1.23. The molecule has 0 saturated carbocycles. The molecule has 0 unspecified atom stereocenters. The summed E-state index contributed by atoms with van der Waals surface area (Å²) in [5, 5.41) is 18.7. The third-order valence-corrected chi connectivity index (χ3v) is 8.39. The lowest BCUT2D eigenvalue weighted by Crippen LogP contribution is -2.46. The summed E-state index contributed by atoms with van der Waals surface area (Å²) in [5.74, 6) is -0.0425. The van der Waals surface area contributed by atoms with Gasteiger partial charge in [-0.15, -0.1) is 0 Å². The van der Waals surface area contributed by atoms with Crippen molar-refractivity contribution in [3.8, 4) is 0 Å². The number of hydrogen-bond acceptors (Lipinski definition) is 3. The molecule has 3 atom stereocenters. The monoisotopic (exact) mass is 248 g/mol. The van der Waals surface area contributed by atoms with E-state index in [9.17, 15) is 5.11 Å². The highest BCUT2D eigenvalue weighted by Gasteiger charge is 2.39. The molecule has 0 aromatic heterocycles. The molecule has 0 aromatic rings. The maximum Gasteiger partial charge on any atom is 0.192 e. The van der Waals surface area contributed by atoms with E-state index < -0.39 is 14.4 Å². The van der Waals surface area contributed by atoms with Crippen molar-refractivity contribution < 1.29 is 14.6 Å². The van der Waals surface area contributed by atoms with Gasteiger partial charge in [0.2, 0.25) is 0 Å². The zero-order valence-corrected chi connectivity index (χ0v) is 12.7. The van der Waals surface area contributed by atoms with Gasteiger partial charge >= 0.3 is 0 Å². The zero-order valence-electron chi connectivity index (χ0n) is 11.7. The predicted molar refractivity (Wildman–Crippen MR) is 70.0 cm³/mol. The molecule has 0 aromatic carbocycles. The quantitative estimate of drug-likeness (QED) is 0.735. The van der Waals surface area contributed by atoms with E-state index in [1.54, 1.807) is 0 Å². The molecule has 0 bridgehead atoms. The molecular weight excluding hydrogens is 220 g/mol. The van der Waals surface area contributed by atoms with Crippen LogP contribution >= 0.6 is 0 Å². The lowest BCUT2D eigenvalue weighted by atomic mass is 10.0. The molecule has 3 nitrogen and oxygen atoms in total. The van der Waals surface area contributed by atoms with E-state index in [4.69, 9.17) is 9.53 Å². The summed E-state index contributed by atoms with van der Waals surface area (Å²) in [7, 11) is -1.78. The van der Waals surface area contributed by atoms with Crippen molar-refractivity contribution in [2.75, 3.05) is 6.61 Å². The van der Waals surface area contributed by atoms with Crippen LogP contribution in [0.15, 0.2) is 0 Å². The number of aliphatic hydroxyl groups is 2. The number of hydrogen-bond donors (Lipinski definition) is 2. The smallest absolute Gasteiger partial charge is 0.192 e. The van der Waals surface area contributed by atoms with Crippen LogP contribution in [0.1, 0.15) is 34.6 Å². The van der Waals surface area contributed by atoms with Crippen LogP contribution in [0.3, 0.4) is 0 Å². The van der Waals surface area contributed by atoms with Crippen molar-refractivity contribution in [1.82, 2.24) is 0 Å². The van der Waals surface area contributed by atoms with Gasteiger partial charge in [-0.05, 0) is 25.1 Å². The average molecular weight is 248 g/mol. The molecule has 0 radical (unpaired) electrons. The summed E-state index contributed by atoms with van der Waals surface area (Å²) in [5.41, 5.74) is 0. The van der Waals surface area contributed by atoms with Crippen LogP contribution < -0.4 is 0 Å². The first-order chi connectivity index (χ1) is 7.03. The number of rotatable bonds is 5. The first-order valence-corrected chi connectivity index (χ1v) is 8.90. The molecule has 0 rings (SSSR count). The van der Waals surface area contributed by atoms with Crippen LogP contribution in [0, 0.1) is 5.92 Å². The van der Waals surface area contributed by atoms with Crippen LogP contribution in [0.2, 0.25) is 18.1 Å². The summed E-state index contributed by atoms with van der Waals surface area (Å²) in [4.78, 5) is 0. The van der Waals surface area contributed by atoms with Crippen LogP contribution in [0.25, 0.3) is 0 Å². The van der Waals surface area contributed by atoms with Crippen molar-refractivity contribution in [3.63, 3.8) is 0 Å². The lowest BCUT2D eigenvalue weighted by Gasteiger charge is -2.40. The van der Waals surface area contributed by atoms with Crippen molar-refractivity contribution >= 4 is 8.32 Å². The summed E-state index contributed by atoms with van der Waals surface area (Å²) < 4.78 is 6.15. The molecule has 0 fully saturated rings. The zero-order chi connectivity index (χ0) is 13.1. The maximum absolute atomic E-state index is 9.58. The Bertz CT molecular complexity index is 211.